The van der Waals surface area contributed by atoms with Crippen molar-refractivity contribution in [3.05, 3.63) is 57.6 Å². The van der Waals surface area contributed by atoms with Crippen LogP contribution in [0.15, 0.2) is 41.3 Å². The molecule has 0 aliphatic carbocycles. The first-order valence-electron chi connectivity index (χ1n) is 9.47. The van der Waals surface area contributed by atoms with Crippen LogP contribution in [0.4, 0.5) is 24.5 Å². The van der Waals surface area contributed by atoms with Crippen molar-refractivity contribution in [1.29, 1.82) is 0 Å². The lowest BCUT2D eigenvalue weighted by Gasteiger charge is -2.20. The molecule has 2 N–H and O–H groups in total. The van der Waals surface area contributed by atoms with Crippen molar-refractivity contribution in [2.75, 3.05) is 4.72 Å². The SMILES string of the molecule is Cc1ccc([N+](=O)[O-])cc1S(=O)(=O)Nc1ccc(O)c([C@@H](C(=O)OC(C)C)C(=O)C(F)(F)F)c1. The first-order valence-corrected chi connectivity index (χ1v) is 10.9. The monoisotopic (exact) mass is 504 g/mol. The maximum atomic E-state index is 13.1. The maximum absolute atomic E-state index is 13.1. The van der Waals surface area contributed by atoms with Crippen molar-refractivity contribution in [2.24, 2.45) is 0 Å². The fraction of sp³-hybridized carbons (Fsp3) is 0.300. The molecule has 2 rings (SSSR count). The van der Waals surface area contributed by atoms with E-state index in [1.54, 1.807) is 0 Å². The van der Waals surface area contributed by atoms with E-state index >= 15 is 0 Å². The lowest BCUT2D eigenvalue weighted by atomic mass is 9.93. The van der Waals surface area contributed by atoms with Gasteiger partial charge < -0.3 is 9.84 Å². The molecule has 0 aliphatic heterocycles. The van der Waals surface area contributed by atoms with Gasteiger partial charge in [0.2, 0.25) is 0 Å². The van der Waals surface area contributed by atoms with Gasteiger partial charge >= 0.3 is 12.1 Å². The van der Waals surface area contributed by atoms with E-state index in [0.717, 1.165) is 24.3 Å². The van der Waals surface area contributed by atoms with Gasteiger partial charge in [-0.3, -0.25) is 24.4 Å². The average molecular weight is 504 g/mol. The van der Waals surface area contributed by atoms with Crippen molar-refractivity contribution in [3.8, 4) is 5.75 Å². The number of non-ortho nitro benzene ring substituents is 1. The van der Waals surface area contributed by atoms with E-state index in [2.05, 4.69) is 0 Å². The highest BCUT2D eigenvalue weighted by molar-refractivity contribution is 7.92. The summed E-state index contributed by atoms with van der Waals surface area (Å²) in [7, 11) is -4.50. The number of alkyl halides is 3. The number of hydrogen-bond donors (Lipinski definition) is 2. The van der Waals surface area contributed by atoms with Crippen LogP contribution >= 0.6 is 0 Å². The number of ether oxygens (including phenoxy) is 1. The zero-order valence-corrected chi connectivity index (χ0v) is 18.7. The Morgan fingerprint density at radius 3 is 2.29 bits per heavy atom. The number of Topliss-reactive ketones (excluding diaryl/α,β-unsaturated/α-hetero) is 1. The van der Waals surface area contributed by atoms with Crippen LogP contribution < -0.4 is 4.72 Å². The van der Waals surface area contributed by atoms with Crippen molar-refractivity contribution >= 4 is 33.2 Å². The molecule has 0 aromatic heterocycles. The Bertz CT molecular complexity index is 1240. The molecule has 0 fully saturated rings. The summed E-state index contributed by atoms with van der Waals surface area (Å²) in [5.74, 6) is -7.63. The number of benzene rings is 2. The number of aryl methyl sites for hydroxylation is 1. The number of sulfonamides is 1. The van der Waals surface area contributed by atoms with Gasteiger partial charge in [0.1, 0.15) is 5.75 Å². The van der Waals surface area contributed by atoms with Crippen molar-refractivity contribution < 1.29 is 45.9 Å². The third-order valence-corrected chi connectivity index (χ3v) is 5.92. The highest BCUT2D eigenvalue weighted by atomic mass is 32.2. The number of nitro benzene ring substituents is 1. The van der Waals surface area contributed by atoms with E-state index in [1.807, 2.05) is 4.72 Å². The molecule has 0 saturated heterocycles. The molecule has 0 unspecified atom stereocenters. The highest BCUT2D eigenvalue weighted by Gasteiger charge is 2.48. The number of aromatic hydroxyl groups is 1. The van der Waals surface area contributed by atoms with Gasteiger partial charge in [-0.2, -0.15) is 13.2 Å². The summed E-state index contributed by atoms with van der Waals surface area (Å²) in [5, 5.41) is 21.1. The average Bonchev–Trinajstić information content (AvgIpc) is 2.69. The van der Waals surface area contributed by atoms with Crippen LogP contribution in [0.25, 0.3) is 0 Å². The molecule has 0 amide bonds. The number of phenolic OH excluding ortho intramolecular Hbond substituents is 1. The molecule has 0 saturated carbocycles. The van der Waals surface area contributed by atoms with Gasteiger partial charge in [-0.1, -0.05) is 6.07 Å². The normalized spacial score (nSPS) is 12.8. The quantitative estimate of drug-likeness (QED) is 0.182. The third-order valence-electron chi connectivity index (χ3n) is 4.39. The second-order valence-corrected chi connectivity index (χ2v) is 9.02. The Morgan fingerprint density at radius 2 is 1.76 bits per heavy atom. The number of phenols is 1. The third kappa shape index (κ3) is 6.01. The summed E-state index contributed by atoms with van der Waals surface area (Å²) in [5.41, 5.74) is -1.66. The van der Waals surface area contributed by atoms with Crippen LogP contribution in [-0.2, 0) is 24.3 Å². The fourth-order valence-corrected chi connectivity index (χ4v) is 4.21. The summed E-state index contributed by atoms with van der Waals surface area (Å²) in [4.78, 5) is 34.0. The largest absolute Gasteiger partial charge is 0.508 e. The Morgan fingerprint density at radius 1 is 1.15 bits per heavy atom. The molecular weight excluding hydrogens is 485 g/mol. The first-order chi connectivity index (χ1) is 15.5. The van der Waals surface area contributed by atoms with Gasteiger partial charge in [-0.05, 0) is 44.5 Å². The van der Waals surface area contributed by atoms with Gasteiger partial charge in [0.25, 0.3) is 21.5 Å². The Hall–Kier alpha value is -3.68. The number of hydrogen-bond acceptors (Lipinski definition) is 8. The molecule has 0 spiro atoms. The summed E-state index contributed by atoms with van der Waals surface area (Å²) >= 11 is 0. The molecule has 2 aromatic rings. The van der Waals surface area contributed by atoms with Crippen LogP contribution in [0.5, 0.6) is 5.75 Å². The molecule has 0 radical (unpaired) electrons. The number of halogens is 3. The van der Waals surface area contributed by atoms with E-state index in [-0.39, 0.29) is 5.56 Å². The number of anilines is 1. The van der Waals surface area contributed by atoms with Gasteiger partial charge in [0, 0.05) is 23.4 Å². The lowest BCUT2D eigenvalue weighted by Crippen LogP contribution is -2.35. The van der Waals surface area contributed by atoms with E-state index in [1.165, 1.54) is 26.8 Å². The number of ketones is 1. The van der Waals surface area contributed by atoms with E-state index in [9.17, 15) is 46.4 Å². The zero-order chi connectivity index (χ0) is 26.0. The molecule has 14 heteroatoms. The first kappa shape index (κ1) is 26.6. The summed E-state index contributed by atoms with van der Waals surface area (Å²) in [6.07, 6.45) is -6.36. The molecule has 1 atom stereocenters. The number of nitrogens with zero attached hydrogens (tertiary/aromatic N) is 1. The second-order valence-electron chi connectivity index (χ2n) is 7.37. The van der Waals surface area contributed by atoms with E-state index in [0.29, 0.717) is 6.07 Å². The number of rotatable bonds is 8. The Labute approximate surface area is 191 Å². The summed E-state index contributed by atoms with van der Waals surface area (Å²) in [6, 6.07) is 5.48. The Balaban J connectivity index is 2.56. The van der Waals surface area contributed by atoms with E-state index < -0.39 is 72.5 Å². The van der Waals surface area contributed by atoms with Gasteiger partial charge in [0.05, 0.1) is 15.9 Å². The van der Waals surface area contributed by atoms with Crippen LogP contribution in [0, 0.1) is 17.0 Å². The lowest BCUT2D eigenvalue weighted by molar-refractivity contribution is -0.385. The predicted molar refractivity (Wildman–Crippen MR) is 112 cm³/mol. The van der Waals surface area contributed by atoms with Gasteiger partial charge in [-0.25, -0.2) is 8.42 Å². The molecule has 0 bridgehead atoms. The molecule has 10 nitrogen and oxygen atoms in total. The van der Waals surface area contributed by atoms with Crippen molar-refractivity contribution in [3.63, 3.8) is 0 Å². The summed E-state index contributed by atoms with van der Waals surface area (Å²) in [6.45, 7) is 4.03. The molecular formula is C20H19F3N2O8S. The molecule has 0 heterocycles. The van der Waals surface area contributed by atoms with Gasteiger partial charge in [0.15, 0.2) is 5.92 Å². The Kier molecular flexibility index (Phi) is 7.56. The van der Waals surface area contributed by atoms with Crippen molar-refractivity contribution in [1.82, 2.24) is 0 Å². The van der Waals surface area contributed by atoms with Gasteiger partial charge in [-0.15, -0.1) is 0 Å². The van der Waals surface area contributed by atoms with Crippen LogP contribution in [-0.4, -0.2) is 42.5 Å². The number of carbonyl (C=O) groups is 2. The van der Waals surface area contributed by atoms with Crippen molar-refractivity contribution in [2.45, 2.75) is 43.9 Å². The molecule has 0 aliphatic rings. The van der Waals surface area contributed by atoms with Crippen LogP contribution in [0.2, 0.25) is 0 Å². The number of esters is 1. The number of nitrogens with one attached hydrogen (secondary N) is 1. The van der Waals surface area contributed by atoms with E-state index in [4.69, 9.17) is 4.74 Å². The minimum absolute atomic E-state index is 0.128. The minimum Gasteiger partial charge on any atom is -0.508 e. The predicted octanol–water partition coefficient (Wildman–Crippen LogP) is 3.58. The van der Waals surface area contributed by atoms with Crippen LogP contribution in [0.3, 0.4) is 0 Å². The molecule has 2 aromatic carbocycles. The zero-order valence-electron chi connectivity index (χ0n) is 17.9. The number of nitro groups is 1. The molecule has 34 heavy (non-hydrogen) atoms. The second kappa shape index (κ2) is 9.67. The molecule has 184 valence electrons. The standard InChI is InChI=1S/C20H19F3N2O8S/c1-10(2)33-19(28)17(18(27)20(21,22)23)14-8-12(5-7-15(14)26)24-34(31,32)16-9-13(25(29)30)6-4-11(16)3/h4-10,17,24,26H,1-3H3/t17-/m1/s1. The minimum atomic E-state index is -5.47. The number of carbonyl (C=O) groups excluding carboxylic acids is 2. The topological polar surface area (TPSA) is 153 Å². The fourth-order valence-electron chi connectivity index (χ4n) is 2.89. The maximum Gasteiger partial charge on any atom is 0.451 e. The summed E-state index contributed by atoms with van der Waals surface area (Å²) < 4.78 is 71.8. The smallest absolute Gasteiger partial charge is 0.451 e. The highest BCUT2D eigenvalue weighted by Crippen LogP contribution is 2.36. The van der Waals surface area contributed by atoms with Crippen LogP contribution in [0.1, 0.15) is 30.9 Å².